The van der Waals surface area contributed by atoms with Gasteiger partial charge in [0.2, 0.25) is 47.3 Å². The Bertz CT molecular complexity index is 1540. The second-order valence-electron chi connectivity index (χ2n) is 12.4. The molecule has 282 valence electrons. The molecule has 0 radical (unpaired) electrons. The van der Waals surface area contributed by atoms with Crippen LogP contribution in [-0.4, -0.2) is 101 Å². The number of hydrogen-bond donors (Lipinski definition) is 9. The van der Waals surface area contributed by atoms with Crippen LogP contribution in [0.3, 0.4) is 0 Å². The van der Waals surface area contributed by atoms with Gasteiger partial charge in [-0.2, -0.15) is 0 Å². The number of nitrogens with one attached hydrogen (secondary N) is 8. The first-order chi connectivity index (χ1) is 24.9. The van der Waals surface area contributed by atoms with E-state index in [0.717, 1.165) is 12.8 Å². The Morgan fingerprint density at radius 3 is 2.29 bits per heavy atom. The number of primary amides is 1. The number of hydrogen-bond acceptors (Lipinski definition) is 9. The second-order valence-corrected chi connectivity index (χ2v) is 12.4. The molecule has 1 aliphatic heterocycles. The zero-order chi connectivity index (χ0) is 37.9. The highest BCUT2D eigenvalue weighted by Gasteiger charge is 2.31. The lowest BCUT2D eigenvalue weighted by Gasteiger charge is -2.25. The van der Waals surface area contributed by atoms with Crippen LogP contribution in [-0.2, 0) is 51.2 Å². The van der Waals surface area contributed by atoms with E-state index in [1.807, 2.05) is 6.92 Å². The Morgan fingerprint density at radius 1 is 0.865 bits per heavy atom. The van der Waals surface area contributed by atoms with Gasteiger partial charge in [0.25, 0.3) is 0 Å². The van der Waals surface area contributed by atoms with Gasteiger partial charge in [0, 0.05) is 38.4 Å². The van der Waals surface area contributed by atoms with Crippen molar-refractivity contribution < 1.29 is 38.4 Å². The lowest BCUT2D eigenvalue weighted by Crippen LogP contribution is -2.58. The molecular weight excluding hydrogens is 676 g/mol. The van der Waals surface area contributed by atoms with E-state index in [1.165, 1.54) is 6.33 Å². The van der Waals surface area contributed by atoms with Crippen LogP contribution in [0.1, 0.15) is 63.1 Å². The SMILES string of the molecule is CCCCCC(=O)N[C@H]1CCC(=O)NCC[C@@H](C(=O)NCC(N)=O)NC(=O)CNC(=O)[C@@H](Cc2ccccc2)NC(=O)[C@H](Cc2c[nH]cn2)NC1=O. The van der Waals surface area contributed by atoms with Crippen LogP contribution in [0.2, 0.25) is 0 Å². The minimum Gasteiger partial charge on any atom is -0.368 e. The van der Waals surface area contributed by atoms with Gasteiger partial charge in [0.05, 0.1) is 25.1 Å². The average molecular weight is 725 g/mol. The highest BCUT2D eigenvalue weighted by atomic mass is 16.2. The van der Waals surface area contributed by atoms with Crippen molar-refractivity contribution >= 4 is 47.3 Å². The molecule has 0 bridgehead atoms. The van der Waals surface area contributed by atoms with Gasteiger partial charge in [0.1, 0.15) is 24.2 Å². The number of rotatable bonds is 12. The number of aromatic nitrogens is 2. The third kappa shape index (κ3) is 14.6. The highest BCUT2D eigenvalue weighted by molar-refractivity contribution is 5.96. The molecule has 0 saturated carbocycles. The van der Waals surface area contributed by atoms with Crippen LogP contribution in [0.15, 0.2) is 42.9 Å². The molecule has 1 aromatic heterocycles. The van der Waals surface area contributed by atoms with Gasteiger partial charge in [-0.3, -0.25) is 38.4 Å². The molecular formula is C34H48N10O8. The summed E-state index contributed by atoms with van der Waals surface area (Å²) in [5, 5.41) is 17.9. The van der Waals surface area contributed by atoms with Gasteiger partial charge in [-0.15, -0.1) is 0 Å². The number of benzene rings is 1. The first kappa shape index (κ1) is 40.6. The van der Waals surface area contributed by atoms with E-state index in [4.69, 9.17) is 5.73 Å². The minimum atomic E-state index is -1.26. The predicted molar refractivity (Wildman–Crippen MR) is 186 cm³/mol. The Balaban J connectivity index is 1.93. The Labute approximate surface area is 301 Å². The number of carbonyl (C=O) groups excluding carboxylic acids is 8. The molecule has 1 saturated heterocycles. The second kappa shape index (κ2) is 21.4. The molecule has 2 heterocycles. The molecule has 0 unspecified atom stereocenters. The van der Waals surface area contributed by atoms with Crippen molar-refractivity contribution in [2.45, 2.75) is 88.9 Å². The average Bonchev–Trinajstić information content (AvgIpc) is 3.63. The predicted octanol–water partition coefficient (Wildman–Crippen LogP) is -2.27. The summed E-state index contributed by atoms with van der Waals surface area (Å²) in [6.45, 7) is 0.812. The molecule has 1 aromatic carbocycles. The van der Waals surface area contributed by atoms with E-state index >= 15 is 0 Å². The van der Waals surface area contributed by atoms with Crippen molar-refractivity contribution in [2.75, 3.05) is 19.6 Å². The fourth-order valence-corrected chi connectivity index (χ4v) is 5.32. The molecule has 1 aliphatic rings. The quantitative estimate of drug-likeness (QED) is 0.107. The monoisotopic (exact) mass is 724 g/mol. The van der Waals surface area contributed by atoms with Crippen molar-refractivity contribution in [3.63, 3.8) is 0 Å². The zero-order valence-corrected chi connectivity index (χ0v) is 29.1. The van der Waals surface area contributed by atoms with Crippen molar-refractivity contribution in [1.82, 2.24) is 47.2 Å². The number of nitrogens with two attached hydrogens (primary N) is 1. The summed E-state index contributed by atoms with van der Waals surface area (Å²) in [7, 11) is 0. The molecule has 18 heteroatoms. The smallest absolute Gasteiger partial charge is 0.243 e. The number of amides is 8. The van der Waals surface area contributed by atoms with Crippen molar-refractivity contribution in [3.8, 4) is 0 Å². The molecule has 18 nitrogen and oxygen atoms in total. The molecule has 0 spiro atoms. The summed E-state index contributed by atoms with van der Waals surface area (Å²) in [6.07, 6.45) is 4.86. The molecule has 1 fully saturated rings. The Kier molecular flexibility index (Phi) is 16.7. The van der Waals surface area contributed by atoms with Gasteiger partial charge in [-0.1, -0.05) is 50.1 Å². The number of unbranched alkanes of at least 4 members (excludes halogenated alkanes) is 2. The summed E-state index contributed by atoms with van der Waals surface area (Å²) in [6, 6.07) is 3.89. The lowest BCUT2D eigenvalue weighted by molar-refractivity contribution is -0.134. The van der Waals surface area contributed by atoms with E-state index in [0.29, 0.717) is 17.7 Å². The van der Waals surface area contributed by atoms with Gasteiger partial charge in [-0.25, -0.2) is 4.98 Å². The first-order valence-corrected chi connectivity index (χ1v) is 17.3. The third-order valence-electron chi connectivity index (χ3n) is 8.10. The number of nitrogens with zero attached hydrogens (tertiary/aromatic N) is 1. The maximum atomic E-state index is 13.9. The molecule has 3 rings (SSSR count). The van der Waals surface area contributed by atoms with Crippen LogP contribution >= 0.6 is 0 Å². The molecule has 10 N–H and O–H groups in total. The maximum Gasteiger partial charge on any atom is 0.243 e. The summed E-state index contributed by atoms with van der Waals surface area (Å²) >= 11 is 0. The summed E-state index contributed by atoms with van der Waals surface area (Å²) in [5.41, 5.74) is 6.24. The summed E-state index contributed by atoms with van der Waals surface area (Å²) in [5.74, 6) is -5.44. The van der Waals surface area contributed by atoms with Crippen molar-refractivity contribution in [2.24, 2.45) is 5.73 Å². The van der Waals surface area contributed by atoms with E-state index in [1.54, 1.807) is 36.5 Å². The minimum absolute atomic E-state index is 0.0193. The molecule has 52 heavy (non-hydrogen) atoms. The lowest BCUT2D eigenvalue weighted by atomic mass is 10.0. The van der Waals surface area contributed by atoms with Crippen LogP contribution in [0.5, 0.6) is 0 Å². The summed E-state index contributed by atoms with van der Waals surface area (Å²) < 4.78 is 0. The van der Waals surface area contributed by atoms with Gasteiger partial charge in [0.15, 0.2) is 0 Å². The van der Waals surface area contributed by atoms with E-state index in [-0.39, 0.29) is 45.1 Å². The van der Waals surface area contributed by atoms with Gasteiger partial charge >= 0.3 is 0 Å². The van der Waals surface area contributed by atoms with Crippen LogP contribution in [0.25, 0.3) is 0 Å². The number of H-pyrrole nitrogens is 1. The molecule has 2 aromatic rings. The molecule has 4 atom stereocenters. The van der Waals surface area contributed by atoms with Crippen LogP contribution in [0, 0.1) is 0 Å². The van der Waals surface area contributed by atoms with Crippen molar-refractivity contribution in [3.05, 3.63) is 54.1 Å². The first-order valence-electron chi connectivity index (χ1n) is 17.3. The van der Waals surface area contributed by atoms with E-state index in [2.05, 4.69) is 47.2 Å². The topological polar surface area (TPSA) is 275 Å². The maximum absolute atomic E-state index is 13.9. The third-order valence-corrected chi connectivity index (χ3v) is 8.10. The normalized spacial score (nSPS) is 21.1. The fraction of sp³-hybridized carbons (Fsp3) is 0.500. The molecule has 0 aliphatic carbocycles. The number of carbonyl (C=O) groups is 8. The molecule has 8 amide bonds. The number of imidazole rings is 1. The highest BCUT2D eigenvalue weighted by Crippen LogP contribution is 2.08. The van der Waals surface area contributed by atoms with Gasteiger partial charge in [-0.05, 0) is 24.8 Å². The fourth-order valence-electron chi connectivity index (χ4n) is 5.32. The van der Waals surface area contributed by atoms with Crippen molar-refractivity contribution in [1.29, 1.82) is 0 Å². The van der Waals surface area contributed by atoms with Crippen LogP contribution in [0.4, 0.5) is 0 Å². The summed E-state index contributed by atoms with van der Waals surface area (Å²) in [4.78, 5) is 111. The van der Waals surface area contributed by atoms with E-state index in [9.17, 15) is 38.4 Å². The zero-order valence-electron chi connectivity index (χ0n) is 29.1. The Hall–Kier alpha value is -5.81. The largest absolute Gasteiger partial charge is 0.368 e. The Morgan fingerprint density at radius 2 is 1.60 bits per heavy atom. The van der Waals surface area contributed by atoms with Crippen LogP contribution < -0.4 is 43.0 Å². The standard InChI is InChI=1S/C34H48N10O8/c1-2-3-5-10-29(47)41-23-11-12-28(46)37-14-13-24(31(49)38-18-27(35)45)42-30(48)19-39-32(50)25(15-21-8-6-4-7-9-21)43-34(52)26(44-33(23)51)16-22-17-36-20-40-22/h4,6-9,17,20,23-26H,2-3,5,10-16,18-19H2,1H3,(H2,35,45)(H,36,40)(H,37,46)(H,38,49)(H,39,50)(H,41,47)(H,42,48)(H,43,52)(H,44,51)/t23-,24-,25+,26-/m0/s1. The van der Waals surface area contributed by atoms with E-state index < -0.39 is 84.5 Å². The van der Waals surface area contributed by atoms with Gasteiger partial charge < -0.3 is 47.9 Å². The number of aromatic amines is 1.